The molecule has 0 radical (unpaired) electrons. The average molecular weight is 266 g/mol. The summed E-state index contributed by atoms with van der Waals surface area (Å²) in [6, 6.07) is 14.2. The first kappa shape index (κ1) is 12.9. The first-order valence-corrected chi connectivity index (χ1v) is 7.00. The van der Waals surface area contributed by atoms with E-state index in [0.29, 0.717) is 12.5 Å². The second kappa shape index (κ2) is 5.12. The van der Waals surface area contributed by atoms with Gasteiger partial charge in [0.15, 0.2) is 0 Å². The lowest BCUT2D eigenvalue weighted by atomic mass is 9.87. The first-order chi connectivity index (χ1) is 9.70. The lowest BCUT2D eigenvalue weighted by Crippen LogP contribution is -2.04. The van der Waals surface area contributed by atoms with Crippen molar-refractivity contribution in [3.63, 3.8) is 0 Å². The molecule has 0 N–H and O–H groups in total. The number of hydrogen-bond donors (Lipinski definition) is 0. The molecule has 2 heteroatoms. The van der Waals surface area contributed by atoms with Crippen LogP contribution in [0.4, 0.5) is 0 Å². The van der Waals surface area contributed by atoms with Crippen molar-refractivity contribution in [3.05, 3.63) is 64.7 Å². The van der Waals surface area contributed by atoms with E-state index >= 15 is 0 Å². The van der Waals surface area contributed by atoms with E-state index in [0.717, 1.165) is 28.7 Å². The predicted octanol–water partition coefficient (Wildman–Crippen LogP) is 4.03. The molecule has 1 aliphatic heterocycles. The van der Waals surface area contributed by atoms with Gasteiger partial charge >= 0.3 is 0 Å². The molecule has 0 spiro atoms. The van der Waals surface area contributed by atoms with Gasteiger partial charge in [0.1, 0.15) is 18.6 Å². The van der Waals surface area contributed by atoms with Crippen molar-refractivity contribution in [3.8, 4) is 5.75 Å². The maximum absolute atomic E-state index is 11.7. The Hall–Kier alpha value is -2.09. The van der Waals surface area contributed by atoms with Crippen molar-refractivity contribution in [2.75, 3.05) is 0 Å². The van der Waals surface area contributed by atoms with Crippen molar-refractivity contribution >= 4 is 6.29 Å². The molecule has 2 aromatic rings. The highest BCUT2D eigenvalue weighted by atomic mass is 16.5. The Morgan fingerprint density at radius 1 is 1.15 bits per heavy atom. The lowest BCUT2D eigenvalue weighted by molar-refractivity contribution is -0.108. The Bertz CT molecular complexity index is 644. The molecule has 1 aliphatic rings. The zero-order chi connectivity index (χ0) is 14.1. The van der Waals surface area contributed by atoms with Gasteiger partial charge in [-0.3, -0.25) is 0 Å². The highest BCUT2D eigenvalue weighted by Gasteiger charge is 2.24. The van der Waals surface area contributed by atoms with E-state index in [1.807, 2.05) is 30.3 Å². The third-order valence-corrected chi connectivity index (χ3v) is 3.94. The molecule has 0 aliphatic carbocycles. The van der Waals surface area contributed by atoms with E-state index in [2.05, 4.69) is 26.0 Å². The molecule has 20 heavy (non-hydrogen) atoms. The van der Waals surface area contributed by atoms with Crippen LogP contribution in [0, 0.1) is 0 Å². The minimum atomic E-state index is -0.234. The SMILES string of the molecule is CC(C)c1ccc2c(c1)C(C=O)c1ccccc1CO2. The van der Waals surface area contributed by atoms with Crippen LogP contribution in [0.5, 0.6) is 5.75 Å². The molecule has 0 saturated heterocycles. The number of ether oxygens (including phenoxy) is 1. The Morgan fingerprint density at radius 3 is 2.70 bits per heavy atom. The summed E-state index contributed by atoms with van der Waals surface area (Å²) >= 11 is 0. The van der Waals surface area contributed by atoms with Crippen LogP contribution in [0.1, 0.15) is 47.9 Å². The maximum Gasteiger partial charge on any atom is 0.132 e. The summed E-state index contributed by atoms with van der Waals surface area (Å²) in [5.41, 5.74) is 4.36. The van der Waals surface area contributed by atoms with Gasteiger partial charge in [-0.1, -0.05) is 50.2 Å². The maximum atomic E-state index is 11.7. The molecular formula is C18H18O2. The minimum Gasteiger partial charge on any atom is -0.489 e. The van der Waals surface area contributed by atoms with Crippen LogP contribution < -0.4 is 4.74 Å². The van der Waals surface area contributed by atoms with Gasteiger partial charge in [0, 0.05) is 5.56 Å². The van der Waals surface area contributed by atoms with Crippen molar-refractivity contribution in [1.29, 1.82) is 0 Å². The molecule has 0 fully saturated rings. The van der Waals surface area contributed by atoms with E-state index in [1.165, 1.54) is 5.56 Å². The molecule has 0 amide bonds. The highest BCUT2D eigenvalue weighted by molar-refractivity contribution is 5.72. The molecule has 2 aromatic carbocycles. The van der Waals surface area contributed by atoms with Crippen molar-refractivity contribution in [1.82, 2.24) is 0 Å². The van der Waals surface area contributed by atoms with E-state index in [1.54, 1.807) is 0 Å². The number of rotatable bonds is 2. The summed E-state index contributed by atoms with van der Waals surface area (Å²) in [7, 11) is 0. The topological polar surface area (TPSA) is 26.3 Å². The second-order valence-corrected chi connectivity index (χ2v) is 5.55. The number of carbonyl (C=O) groups excluding carboxylic acids is 1. The largest absolute Gasteiger partial charge is 0.489 e. The van der Waals surface area contributed by atoms with E-state index in [9.17, 15) is 4.79 Å². The molecular weight excluding hydrogens is 248 g/mol. The number of fused-ring (bicyclic) bond motifs is 2. The van der Waals surface area contributed by atoms with Crippen LogP contribution in [0.25, 0.3) is 0 Å². The summed E-state index contributed by atoms with van der Waals surface area (Å²) in [6.45, 7) is 4.83. The summed E-state index contributed by atoms with van der Waals surface area (Å²) < 4.78 is 5.88. The molecule has 1 atom stereocenters. The Labute approximate surface area is 119 Å². The second-order valence-electron chi connectivity index (χ2n) is 5.55. The van der Waals surface area contributed by atoms with Crippen LogP contribution in [-0.2, 0) is 11.4 Å². The zero-order valence-corrected chi connectivity index (χ0v) is 11.8. The van der Waals surface area contributed by atoms with Gasteiger partial charge < -0.3 is 9.53 Å². The number of aldehydes is 1. The van der Waals surface area contributed by atoms with Gasteiger partial charge in [0.25, 0.3) is 0 Å². The first-order valence-electron chi connectivity index (χ1n) is 7.00. The molecule has 1 unspecified atom stereocenters. The summed E-state index contributed by atoms with van der Waals surface area (Å²) in [4.78, 5) is 11.7. The van der Waals surface area contributed by atoms with Crippen LogP contribution in [0.15, 0.2) is 42.5 Å². The number of hydrogen-bond acceptors (Lipinski definition) is 2. The monoisotopic (exact) mass is 266 g/mol. The average Bonchev–Trinajstić information content (AvgIpc) is 2.62. The van der Waals surface area contributed by atoms with Crippen molar-refractivity contribution in [2.45, 2.75) is 32.3 Å². The van der Waals surface area contributed by atoms with Crippen molar-refractivity contribution < 1.29 is 9.53 Å². The minimum absolute atomic E-state index is 0.234. The van der Waals surface area contributed by atoms with E-state index in [4.69, 9.17) is 4.74 Å². The fourth-order valence-electron chi connectivity index (χ4n) is 2.74. The Kier molecular flexibility index (Phi) is 3.31. The van der Waals surface area contributed by atoms with Crippen LogP contribution >= 0.6 is 0 Å². The van der Waals surface area contributed by atoms with Gasteiger partial charge in [-0.25, -0.2) is 0 Å². The quantitative estimate of drug-likeness (QED) is 0.767. The number of benzene rings is 2. The summed E-state index contributed by atoms with van der Waals surface area (Å²) in [6.07, 6.45) is 1.02. The van der Waals surface area contributed by atoms with E-state index < -0.39 is 0 Å². The molecule has 102 valence electrons. The third kappa shape index (κ3) is 2.11. The smallest absolute Gasteiger partial charge is 0.132 e. The van der Waals surface area contributed by atoms with Gasteiger partial charge in [-0.15, -0.1) is 0 Å². The lowest BCUT2D eigenvalue weighted by Gasteiger charge is -2.15. The standard InChI is InChI=1S/C18H18O2/c1-12(2)13-7-8-18-16(9-13)17(10-19)15-6-4-3-5-14(15)11-20-18/h3-10,12,17H,11H2,1-2H3. The summed E-state index contributed by atoms with van der Waals surface area (Å²) in [5, 5.41) is 0. The van der Waals surface area contributed by atoms with Crippen molar-refractivity contribution in [2.24, 2.45) is 0 Å². The van der Waals surface area contributed by atoms with Crippen LogP contribution in [0.3, 0.4) is 0 Å². The van der Waals surface area contributed by atoms with Gasteiger partial charge in [0.2, 0.25) is 0 Å². The molecule has 1 heterocycles. The predicted molar refractivity (Wildman–Crippen MR) is 79.2 cm³/mol. The third-order valence-electron chi connectivity index (χ3n) is 3.94. The highest BCUT2D eigenvalue weighted by Crippen LogP contribution is 2.37. The van der Waals surface area contributed by atoms with Gasteiger partial charge in [-0.2, -0.15) is 0 Å². The molecule has 2 nitrogen and oxygen atoms in total. The molecule has 0 aromatic heterocycles. The van der Waals surface area contributed by atoms with Gasteiger partial charge in [0.05, 0.1) is 5.92 Å². The zero-order valence-electron chi connectivity index (χ0n) is 11.8. The van der Waals surface area contributed by atoms with Crippen LogP contribution in [0.2, 0.25) is 0 Å². The normalized spacial score (nSPS) is 16.9. The molecule has 3 rings (SSSR count). The van der Waals surface area contributed by atoms with Gasteiger partial charge in [-0.05, 0) is 28.7 Å². The molecule has 0 saturated carbocycles. The Balaban J connectivity index is 2.18. The van der Waals surface area contributed by atoms with Crippen LogP contribution in [-0.4, -0.2) is 6.29 Å². The summed E-state index contributed by atoms with van der Waals surface area (Å²) in [5.74, 6) is 1.02. The fraction of sp³-hybridized carbons (Fsp3) is 0.278. The number of carbonyl (C=O) groups is 1. The fourth-order valence-corrected chi connectivity index (χ4v) is 2.74. The molecule has 0 bridgehead atoms. The van der Waals surface area contributed by atoms with E-state index in [-0.39, 0.29) is 5.92 Å². The Morgan fingerprint density at radius 2 is 1.95 bits per heavy atom.